The Balaban J connectivity index is 4.94. The second-order valence-corrected chi connectivity index (χ2v) is 24.9. The van der Waals surface area contributed by atoms with Crippen molar-refractivity contribution in [1.82, 2.24) is 3.90 Å². The molecule has 0 N–H and O–H groups in total. The second-order valence-electron chi connectivity index (χ2n) is 7.41. The molecule has 0 heterocycles. The van der Waals surface area contributed by atoms with Crippen molar-refractivity contribution in [3.05, 3.63) is 0 Å². The van der Waals surface area contributed by atoms with Crippen LogP contribution in [0.2, 0.25) is 65.5 Å². The van der Waals surface area contributed by atoms with Gasteiger partial charge in [-0.15, -0.1) is 0 Å². The SMILES string of the molecule is C[Si](O[Si](C)(C)C)N([Si](C)(C)C)[Si](C)(C)C. The summed E-state index contributed by atoms with van der Waals surface area (Å²) in [4.78, 5) is 0. The van der Waals surface area contributed by atoms with Gasteiger partial charge in [-0.25, -0.2) is 0 Å². The van der Waals surface area contributed by atoms with Gasteiger partial charge in [0.15, 0.2) is 8.32 Å². The van der Waals surface area contributed by atoms with Crippen LogP contribution >= 0.6 is 0 Å². The van der Waals surface area contributed by atoms with E-state index in [1.807, 2.05) is 0 Å². The maximum Gasteiger partial charge on any atom is 0.276 e. The Labute approximate surface area is 108 Å². The van der Waals surface area contributed by atoms with Gasteiger partial charge in [-0.3, -0.25) is 0 Å². The fourth-order valence-electron chi connectivity index (χ4n) is 2.44. The van der Waals surface area contributed by atoms with Crippen molar-refractivity contribution in [2.75, 3.05) is 0 Å². The molecule has 16 heavy (non-hydrogen) atoms. The maximum atomic E-state index is 6.39. The molecule has 0 aromatic carbocycles. The van der Waals surface area contributed by atoms with E-state index in [9.17, 15) is 0 Å². The van der Waals surface area contributed by atoms with Crippen molar-refractivity contribution in [1.29, 1.82) is 0 Å². The predicted molar refractivity (Wildman–Crippen MR) is 84.6 cm³/mol. The molecule has 2 nitrogen and oxygen atoms in total. The molecule has 0 aliphatic carbocycles. The molecule has 6 heteroatoms. The van der Waals surface area contributed by atoms with Gasteiger partial charge >= 0.3 is 0 Å². The monoisotopic (exact) mass is 292 g/mol. The molecule has 1 radical (unpaired) electrons. The molecule has 0 atom stereocenters. The molecule has 0 rings (SSSR count). The topological polar surface area (TPSA) is 12.5 Å². The predicted octanol–water partition coefficient (Wildman–Crippen LogP) is 3.93. The van der Waals surface area contributed by atoms with Crippen LogP contribution in [0.5, 0.6) is 0 Å². The standard InChI is InChI=1S/C10H30NOSi4/c1-13(12-16(8,9)10)11(14(2,3)4)15(5,6)7/h1-10H3. The summed E-state index contributed by atoms with van der Waals surface area (Å²) in [6.45, 7) is 24.0. The zero-order chi connectivity index (χ0) is 13.4. The van der Waals surface area contributed by atoms with Gasteiger partial charge in [0, 0.05) is 0 Å². The van der Waals surface area contributed by atoms with Crippen molar-refractivity contribution in [3.63, 3.8) is 0 Å². The molecule has 0 bridgehead atoms. The number of nitrogens with zero attached hydrogens (tertiary/aromatic N) is 1. The summed E-state index contributed by atoms with van der Waals surface area (Å²) in [5, 5.41) is 0. The van der Waals surface area contributed by atoms with E-state index >= 15 is 0 Å². The van der Waals surface area contributed by atoms with Gasteiger partial charge in [0.05, 0.1) is 0 Å². The third-order valence-electron chi connectivity index (χ3n) is 2.11. The van der Waals surface area contributed by atoms with Crippen LogP contribution in [0, 0.1) is 0 Å². The summed E-state index contributed by atoms with van der Waals surface area (Å²) in [6, 6.07) is 0. The normalized spacial score (nSPS) is 15.0. The number of hydrogen-bond acceptors (Lipinski definition) is 2. The Bertz CT molecular complexity index is 212. The molecule has 0 spiro atoms. The van der Waals surface area contributed by atoms with Crippen LogP contribution in [0.15, 0.2) is 0 Å². The molecule has 0 unspecified atom stereocenters. The lowest BCUT2D eigenvalue weighted by Crippen LogP contribution is -2.66. The largest absolute Gasteiger partial charge is 0.445 e. The summed E-state index contributed by atoms with van der Waals surface area (Å²) >= 11 is 0. The Hall–Kier alpha value is 0.788. The van der Waals surface area contributed by atoms with Crippen LogP contribution in [-0.2, 0) is 4.12 Å². The third-order valence-corrected chi connectivity index (χ3v) is 19.0. The molecule has 0 amide bonds. The molecular weight excluding hydrogens is 262 g/mol. The quantitative estimate of drug-likeness (QED) is 0.712. The minimum Gasteiger partial charge on any atom is -0.445 e. The Morgan fingerprint density at radius 3 is 1.25 bits per heavy atom. The first-order chi connectivity index (χ1) is 6.75. The summed E-state index contributed by atoms with van der Waals surface area (Å²) in [7, 11) is -4.67. The van der Waals surface area contributed by atoms with Crippen LogP contribution in [0.25, 0.3) is 0 Å². The van der Waals surface area contributed by atoms with E-state index in [2.05, 4.69) is 69.4 Å². The maximum absolute atomic E-state index is 6.39. The molecule has 97 valence electrons. The van der Waals surface area contributed by atoms with Crippen molar-refractivity contribution < 1.29 is 4.12 Å². The van der Waals surface area contributed by atoms with E-state index in [1.54, 1.807) is 0 Å². The first-order valence-corrected chi connectivity index (χ1v) is 18.2. The minimum absolute atomic E-state index is 0.782. The first-order valence-electron chi connectivity index (χ1n) is 6.08. The van der Waals surface area contributed by atoms with Crippen molar-refractivity contribution in [2.24, 2.45) is 0 Å². The van der Waals surface area contributed by atoms with Gasteiger partial charge in [0.2, 0.25) is 0 Å². The summed E-state index contributed by atoms with van der Waals surface area (Å²) in [5.74, 6) is 0. The van der Waals surface area contributed by atoms with Gasteiger partial charge in [-0.05, 0) is 26.2 Å². The fraction of sp³-hybridized carbons (Fsp3) is 1.00. The summed E-state index contributed by atoms with van der Waals surface area (Å²) < 4.78 is 9.23. The van der Waals surface area contributed by atoms with Crippen LogP contribution in [0.3, 0.4) is 0 Å². The highest BCUT2D eigenvalue weighted by atomic mass is 28.5. The molecule has 0 aliphatic rings. The molecule has 0 aromatic heterocycles. The minimum atomic E-state index is -1.39. The lowest BCUT2D eigenvalue weighted by atomic mass is 11.8. The lowest BCUT2D eigenvalue weighted by molar-refractivity contribution is 0.538. The van der Waals surface area contributed by atoms with Crippen LogP contribution < -0.4 is 0 Å². The average Bonchev–Trinajstić information content (AvgIpc) is 1.70. The van der Waals surface area contributed by atoms with E-state index in [4.69, 9.17) is 4.12 Å². The van der Waals surface area contributed by atoms with Gasteiger partial charge < -0.3 is 8.01 Å². The Kier molecular flexibility index (Phi) is 5.45. The van der Waals surface area contributed by atoms with Gasteiger partial charge in [0.25, 0.3) is 9.20 Å². The highest BCUT2D eigenvalue weighted by Crippen LogP contribution is 2.23. The molecule has 0 fully saturated rings. The zero-order valence-electron chi connectivity index (χ0n) is 12.9. The summed E-state index contributed by atoms with van der Waals surface area (Å²) in [6.07, 6.45) is 0. The number of hydrogen-bond donors (Lipinski definition) is 0. The Morgan fingerprint density at radius 2 is 1.06 bits per heavy atom. The van der Waals surface area contributed by atoms with E-state index in [0.29, 0.717) is 0 Å². The number of rotatable bonds is 5. The Morgan fingerprint density at radius 1 is 0.750 bits per heavy atom. The van der Waals surface area contributed by atoms with Crippen LogP contribution in [0.4, 0.5) is 0 Å². The molecular formula is C10H30NOSi4. The van der Waals surface area contributed by atoms with Crippen LogP contribution in [-0.4, -0.2) is 37.9 Å². The molecule has 0 aliphatic heterocycles. The van der Waals surface area contributed by atoms with E-state index in [1.165, 1.54) is 0 Å². The molecule has 0 saturated heterocycles. The third kappa shape index (κ3) is 5.92. The summed E-state index contributed by atoms with van der Waals surface area (Å²) in [5.41, 5.74) is 0. The second kappa shape index (κ2) is 5.19. The smallest absolute Gasteiger partial charge is 0.276 e. The van der Waals surface area contributed by atoms with Gasteiger partial charge in [-0.1, -0.05) is 39.3 Å². The van der Waals surface area contributed by atoms with Gasteiger partial charge in [0.1, 0.15) is 16.5 Å². The van der Waals surface area contributed by atoms with Crippen LogP contribution in [0.1, 0.15) is 0 Å². The molecule has 0 saturated carbocycles. The average molecular weight is 293 g/mol. The highest BCUT2D eigenvalue weighted by Gasteiger charge is 2.40. The highest BCUT2D eigenvalue weighted by molar-refractivity contribution is 6.99. The van der Waals surface area contributed by atoms with Crippen molar-refractivity contribution in [3.8, 4) is 0 Å². The first kappa shape index (κ1) is 16.8. The lowest BCUT2D eigenvalue weighted by Gasteiger charge is -2.47. The van der Waals surface area contributed by atoms with E-state index < -0.39 is 34.0 Å². The zero-order valence-corrected chi connectivity index (χ0v) is 16.9. The van der Waals surface area contributed by atoms with Gasteiger partial charge in [-0.2, -0.15) is 0 Å². The van der Waals surface area contributed by atoms with E-state index in [-0.39, 0.29) is 0 Å². The fourth-order valence-corrected chi connectivity index (χ4v) is 22.8. The van der Waals surface area contributed by atoms with Crippen molar-refractivity contribution >= 4 is 34.0 Å². The van der Waals surface area contributed by atoms with Crippen molar-refractivity contribution in [2.45, 2.75) is 65.5 Å². The molecule has 0 aromatic rings. The van der Waals surface area contributed by atoms with E-state index in [0.717, 1.165) is 0 Å².